The van der Waals surface area contributed by atoms with Crippen LogP contribution in [0.1, 0.15) is 0 Å². The van der Waals surface area contributed by atoms with Crippen molar-refractivity contribution in [2.75, 3.05) is 0 Å². The highest BCUT2D eigenvalue weighted by Crippen LogP contribution is 2.05. The Kier molecular flexibility index (Phi) is 2.30. The molecular weight excluding hydrogens is 230 g/mol. The molecule has 18 heavy (non-hydrogen) atoms. The van der Waals surface area contributed by atoms with Crippen LogP contribution in [0, 0.1) is 0 Å². The number of rotatable bonds is 1. The second kappa shape index (κ2) is 3.96. The highest BCUT2D eigenvalue weighted by Gasteiger charge is 2.08. The van der Waals surface area contributed by atoms with Gasteiger partial charge in [-0.1, -0.05) is 18.2 Å². The molecule has 1 N–H and O–H groups in total. The number of benzene rings is 1. The maximum atomic E-state index is 12.2. The number of fused-ring (bicyclic) bond motifs is 1. The lowest BCUT2D eigenvalue weighted by Crippen LogP contribution is -2.26. The van der Waals surface area contributed by atoms with E-state index >= 15 is 0 Å². The summed E-state index contributed by atoms with van der Waals surface area (Å²) >= 11 is 0. The van der Waals surface area contributed by atoms with E-state index in [2.05, 4.69) is 10.1 Å². The molecule has 0 amide bonds. The van der Waals surface area contributed by atoms with Gasteiger partial charge in [0.25, 0.3) is 11.1 Å². The first-order valence-corrected chi connectivity index (χ1v) is 5.42. The van der Waals surface area contributed by atoms with Gasteiger partial charge in [-0.3, -0.25) is 9.59 Å². The van der Waals surface area contributed by atoms with Gasteiger partial charge in [-0.25, -0.2) is 0 Å². The zero-order chi connectivity index (χ0) is 12.5. The van der Waals surface area contributed by atoms with Crippen LogP contribution in [0.25, 0.3) is 16.5 Å². The summed E-state index contributed by atoms with van der Waals surface area (Å²) in [6.07, 6.45) is 3.01. The summed E-state index contributed by atoms with van der Waals surface area (Å²) in [7, 11) is 0. The van der Waals surface area contributed by atoms with E-state index in [1.54, 1.807) is 18.2 Å². The van der Waals surface area contributed by atoms with E-state index in [0.717, 1.165) is 0 Å². The molecule has 2 aromatic heterocycles. The van der Waals surface area contributed by atoms with Crippen molar-refractivity contribution < 1.29 is 0 Å². The molecule has 0 aliphatic rings. The molecule has 1 aromatic carbocycles. The summed E-state index contributed by atoms with van der Waals surface area (Å²) in [5, 5.41) is 4.73. The predicted molar refractivity (Wildman–Crippen MR) is 68.0 cm³/mol. The number of para-hydroxylation sites is 1. The molecule has 3 aromatic rings. The summed E-state index contributed by atoms with van der Waals surface area (Å²) in [6, 6.07) is 10.6. The number of nitrogens with zero attached hydrogens (tertiary/aromatic N) is 2. The second-order valence-corrected chi connectivity index (χ2v) is 3.83. The van der Waals surface area contributed by atoms with Gasteiger partial charge in [-0.05, 0) is 18.2 Å². The van der Waals surface area contributed by atoms with Gasteiger partial charge in [-0.15, -0.1) is 0 Å². The summed E-state index contributed by atoms with van der Waals surface area (Å²) in [6.45, 7) is 0. The van der Waals surface area contributed by atoms with E-state index in [4.69, 9.17) is 0 Å². The minimum absolute atomic E-state index is 0.122. The molecule has 5 heteroatoms. The van der Waals surface area contributed by atoms with Crippen LogP contribution in [-0.2, 0) is 0 Å². The van der Waals surface area contributed by atoms with Gasteiger partial charge in [0.1, 0.15) is 5.39 Å². The Hall–Kier alpha value is -2.69. The summed E-state index contributed by atoms with van der Waals surface area (Å²) in [4.78, 5) is 26.4. The highest BCUT2D eigenvalue weighted by atomic mass is 16.1. The monoisotopic (exact) mass is 239 g/mol. The molecule has 3 rings (SSSR count). The molecule has 0 aliphatic heterocycles. The van der Waals surface area contributed by atoms with Crippen LogP contribution in [-0.4, -0.2) is 14.8 Å². The van der Waals surface area contributed by atoms with Crippen molar-refractivity contribution in [1.29, 1.82) is 0 Å². The number of pyridine rings is 1. The Bertz CT molecular complexity index is 819. The Morgan fingerprint density at radius 3 is 2.61 bits per heavy atom. The predicted octanol–water partition coefficient (Wildman–Crippen LogP) is 1.07. The average molecular weight is 239 g/mol. The van der Waals surface area contributed by atoms with Crippen molar-refractivity contribution in [2.24, 2.45) is 0 Å². The Morgan fingerprint density at radius 1 is 1.06 bits per heavy atom. The van der Waals surface area contributed by atoms with Crippen LogP contribution in [0.3, 0.4) is 0 Å². The minimum atomic E-state index is -0.416. The molecular formula is C13H9N3O2. The van der Waals surface area contributed by atoms with Gasteiger partial charge in [0.05, 0.1) is 11.9 Å². The fraction of sp³-hybridized carbons (Fsp3) is 0. The van der Waals surface area contributed by atoms with Gasteiger partial charge in [0, 0.05) is 11.6 Å². The molecule has 0 saturated carbocycles. The summed E-state index contributed by atoms with van der Waals surface area (Å²) in [5.41, 5.74) is -0.183. The van der Waals surface area contributed by atoms with Crippen LogP contribution in [0.15, 0.2) is 58.4 Å². The van der Waals surface area contributed by atoms with Crippen LogP contribution < -0.4 is 11.1 Å². The van der Waals surface area contributed by atoms with Crippen molar-refractivity contribution in [3.8, 4) is 5.69 Å². The average Bonchev–Trinajstić information content (AvgIpc) is 2.40. The number of nitrogens with one attached hydrogen (secondary N) is 1. The SMILES string of the molecule is O=c1[nH]ccc2cnn(-c3ccccc3)c(=O)c12. The molecule has 0 bridgehead atoms. The van der Waals surface area contributed by atoms with E-state index in [0.29, 0.717) is 11.1 Å². The second-order valence-electron chi connectivity index (χ2n) is 3.83. The first-order chi connectivity index (χ1) is 8.77. The third-order valence-electron chi connectivity index (χ3n) is 2.71. The molecule has 0 aliphatic carbocycles. The third kappa shape index (κ3) is 1.53. The maximum Gasteiger partial charge on any atom is 0.284 e. The molecule has 2 heterocycles. The van der Waals surface area contributed by atoms with E-state index in [1.807, 2.05) is 18.2 Å². The first-order valence-electron chi connectivity index (χ1n) is 5.42. The summed E-state index contributed by atoms with van der Waals surface area (Å²) < 4.78 is 1.22. The number of aromatic amines is 1. The zero-order valence-corrected chi connectivity index (χ0v) is 9.33. The van der Waals surface area contributed by atoms with Crippen LogP contribution in [0.4, 0.5) is 0 Å². The normalized spacial score (nSPS) is 10.7. The van der Waals surface area contributed by atoms with Gasteiger partial charge < -0.3 is 4.98 Å². The smallest absolute Gasteiger partial charge is 0.284 e. The van der Waals surface area contributed by atoms with Gasteiger partial charge in [0.15, 0.2) is 0 Å². The maximum absolute atomic E-state index is 12.2. The van der Waals surface area contributed by atoms with E-state index in [-0.39, 0.29) is 5.39 Å². The fourth-order valence-electron chi connectivity index (χ4n) is 1.85. The van der Waals surface area contributed by atoms with Crippen LogP contribution in [0.5, 0.6) is 0 Å². The molecule has 88 valence electrons. The Balaban J connectivity index is 2.41. The third-order valence-corrected chi connectivity index (χ3v) is 2.71. The van der Waals surface area contributed by atoms with E-state index < -0.39 is 11.1 Å². The molecule has 0 unspecified atom stereocenters. The summed E-state index contributed by atoms with van der Waals surface area (Å²) in [5.74, 6) is 0. The fourth-order valence-corrected chi connectivity index (χ4v) is 1.85. The zero-order valence-electron chi connectivity index (χ0n) is 9.33. The van der Waals surface area contributed by atoms with Gasteiger partial charge in [0.2, 0.25) is 0 Å². The van der Waals surface area contributed by atoms with Crippen molar-refractivity contribution >= 4 is 10.8 Å². The lowest BCUT2D eigenvalue weighted by Gasteiger charge is -2.04. The van der Waals surface area contributed by atoms with Crippen molar-refractivity contribution in [3.05, 3.63) is 69.5 Å². The largest absolute Gasteiger partial charge is 0.328 e. The van der Waals surface area contributed by atoms with Crippen molar-refractivity contribution in [3.63, 3.8) is 0 Å². The van der Waals surface area contributed by atoms with Crippen molar-refractivity contribution in [2.45, 2.75) is 0 Å². The van der Waals surface area contributed by atoms with E-state index in [9.17, 15) is 9.59 Å². The van der Waals surface area contributed by atoms with Crippen LogP contribution in [0.2, 0.25) is 0 Å². The quantitative estimate of drug-likeness (QED) is 0.690. The number of hydrogen-bond acceptors (Lipinski definition) is 3. The van der Waals surface area contributed by atoms with Crippen molar-refractivity contribution in [1.82, 2.24) is 14.8 Å². The van der Waals surface area contributed by atoms with E-state index in [1.165, 1.54) is 17.1 Å². The highest BCUT2D eigenvalue weighted by molar-refractivity contribution is 5.79. The lowest BCUT2D eigenvalue weighted by molar-refractivity contribution is 0.819. The standard InChI is InChI=1S/C13H9N3O2/c17-12-11-9(6-7-14-12)8-15-16(13(11)18)10-4-2-1-3-5-10/h1-8H,(H,14,17). The molecule has 0 spiro atoms. The molecule has 0 saturated heterocycles. The molecule has 5 nitrogen and oxygen atoms in total. The molecule has 0 fully saturated rings. The number of aromatic nitrogens is 3. The number of hydrogen-bond donors (Lipinski definition) is 1. The van der Waals surface area contributed by atoms with Gasteiger partial charge >= 0.3 is 0 Å². The minimum Gasteiger partial charge on any atom is -0.328 e. The lowest BCUT2D eigenvalue weighted by atomic mass is 10.2. The van der Waals surface area contributed by atoms with Crippen LogP contribution >= 0.6 is 0 Å². The Labute approximate surface area is 101 Å². The first kappa shape index (κ1) is 10.5. The Morgan fingerprint density at radius 2 is 1.83 bits per heavy atom. The van der Waals surface area contributed by atoms with Gasteiger partial charge in [-0.2, -0.15) is 9.78 Å². The topological polar surface area (TPSA) is 67.8 Å². The molecule has 0 atom stereocenters. The number of H-pyrrole nitrogens is 1. The molecule has 0 radical (unpaired) electrons.